The Morgan fingerprint density at radius 2 is 1.92 bits per heavy atom. The van der Waals surface area contributed by atoms with Crippen LogP contribution >= 0.6 is 15.9 Å². The van der Waals surface area contributed by atoms with Crippen molar-refractivity contribution in [2.45, 2.75) is 31.1 Å². The Morgan fingerprint density at radius 1 is 1.17 bits per heavy atom. The lowest BCUT2D eigenvalue weighted by molar-refractivity contribution is -0.143. The van der Waals surface area contributed by atoms with E-state index in [4.69, 9.17) is 9.47 Å². The van der Waals surface area contributed by atoms with Crippen LogP contribution in [0.4, 0.5) is 0 Å². The maximum Gasteiger partial charge on any atom is 0.313 e. The first-order valence-electron chi connectivity index (χ1n) is 8.14. The molecule has 2 atom stereocenters. The van der Waals surface area contributed by atoms with Crippen LogP contribution in [-0.2, 0) is 16.0 Å². The lowest BCUT2D eigenvalue weighted by atomic mass is 9.73. The second kappa shape index (κ2) is 7.39. The fourth-order valence-corrected chi connectivity index (χ4v) is 3.90. The van der Waals surface area contributed by atoms with Crippen LogP contribution in [0.3, 0.4) is 0 Å². The summed E-state index contributed by atoms with van der Waals surface area (Å²) in [6.45, 7) is 0. The van der Waals surface area contributed by atoms with Gasteiger partial charge in [-0.25, -0.2) is 0 Å². The number of hydrogen-bond acceptors (Lipinski definition) is 3. The topological polar surface area (TPSA) is 35.5 Å². The first kappa shape index (κ1) is 17.0. The van der Waals surface area contributed by atoms with Gasteiger partial charge in [-0.15, -0.1) is 0 Å². The Bertz CT molecular complexity index is 724. The zero-order valence-electron chi connectivity index (χ0n) is 13.9. The summed E-state index contributed by atoms with van der Waals surface area (Å²) in [5, 5.41) is 0. The lowest BCUT2D eigenvalue weighted by Crippen LogP contribution is -2.25. The van der Waals surface area contributed by atoms with E-state index in [9.17, 15) is 4.79 Å². The van der Waals surface area contributed by atoms with Crippen molar-refractivity contribution in [3.8, 4) is 5.75 Å². The third-order valence-corrected chi connectivity index (χ3v) is 5.33. The fraction of sp³-hybridized carbons (Fsp3) is 0.350. The highest BCUT2D eigenvalue weighted by molar-refractivity contribution is 9.10. The van der Waals surface area contributed by atoms with Crippen LogP contribution in [0.25, 0.3) is 0 Å². The van der Waals surface area contributed by atoms with Crippen LogP contribution < -0.4 is 4.74 Å². The molecule has 2 aromatic rings. The lowest BCUT2D eigenvalue weighted by Gasteiger charge is -2.31. The van der Waals surface area contributed by atoms with Crippen molar-refractivity contribution in [2.75, 3.05) is 14.2 Å². The molecule has 126 valence electrons. The summed E-state index contributed by atoms with van der Waals surface area (Å²) in [5.41, 5.74) is 3.51. The molecule has 1 aliphatic rings. The van der Waals surface area contributed by atoms with Gasteiger partial charge < -0.3 is 9.47 Å². The van der Waals surface area contributed by atoms with Gasteiger partial charge in [0.2, 0.25) is 0 Å². The Kier molecular flexibility index (Phi) is 5.24. The molecule has 0 aliphatic heterocycles. The molecule has 1 aliphatic carbocycles. The summed E-state index contributed by atoms with van der Waals surface area (Å²) in [4.78, 5) is 12.6. The first-order valence-corrected chi connectivity index (χ1v) is 8.93. The van der Waals surface area contributed by atoms with Crippen LogP contribution in [0, 0.1) is 0 Å². The zero-order valence-corrected chi connectivity index (χ0v) is 15.5. The van der Waals surface area contributed by atoms with Crippen molar-refractivity contribution >= 4 is 21.9 Å². The molecule has 0 amide bonds. The standard InChI is InChI=1S/C20H21BrO3/c1-23-16-10-11-17-14(12-16)4-3-5-18(17)19(20(22)24-2)13-6-8-15(21)9-7-13/h6-12,18-19H,3-5H2,1-2H3/t18-,19-/m0/s1. The van der Waals surface area contributed by atoms with Gasteiger partial charge in [-0.05, 0) is 60.2 Å². The second-order valence-corrected chi connectivity index (χ2v) is 7.03. The predicted octanol–water partition coefficient (Wildman–Crippen LogP) is 4.83. The molecule has 0 heterocycles. The minimum atomic E-state index is -0.282. The molecule has 0 saturated carbocycles. The predicted molar refractivity (Wildman–Crippen MR) is 97.6 cm³/mol. The normalized spacial score (nSPS) is 17.7. The number of esters is 1. The SMILES string of the molecule is COC(=O)[C@@H](c1ccc(Br)cc1)[C@H]1CCCc2cc(OC)ccc21. The molecule has 0 N–H and O–H groups in total. The van der Waals surface area contributed by atoms with Crippen molar-refractivity contribution in [1.82, 2.24) is 0 Å². The highest BCUT2D eigenvalue weighted by Crippen LogP contribution is 2.43. The first-order chi connectivity index (χ1) is 11.6. The van der Waals surface area contributed by atoms with Crippen molar-refractivity contribution in [1.29, 1.82) is 0 Å². The minimum absolute atomic E-state index is 0.133. The summed E-state index contributed by atoms with van der Waals surface area (Å²) in [7, 11) is 3.15. The minimum Gasteiger partial charge on any atom is -0.497 e. The smallest absolute Gasteiger partial charge is 0.313 e. The molecule has 0 spiro atoms. The molecule has 0 radical (unpaired) electrons. The van der Waals surface area contributed by atoms with E-state index in [-0.39, 0.29) is 17.8 Å². The maximum absolute atomic E-state index is 12.6. The van der Waals surface area contributed by atoms with Gasteiger partial charge in [-0.1, -0.05) is 34.1 Å². The molecule has 3 rings (SSSR count). The van der Waals surface area contributed by atoms with Crippen LogP contribution in [0.1, 0.15) is 41.4 Å². The number of hydrogen-bond donors (Lipinski definition) is 0. The number of methoxy groups -OCH3 is 2. The molecule has 2 aromatic carbocycles. The zero-order chi connectivity index (χ0) is 17.1. The van der Waals surface area contributed by atoms with Crippen molar-refractivity contribution in [3.63, 3.8) is 0 Å². The van der Waals surface area contributed by atoms with Gasteiger partial charge in [0.25, 0.3) is 0 Å². The molecule has 0 fully saturated rings. The molecule has 0 unspecified atom stereocenters. The van der Waals surface area contributed by atoms with Gasteiger partial charge >= 0.3 is 5.97 Å². The molecular weight excluding hydrogens is 368 g/mol. The highest BCUT2D eigenvalue weighted by Gasteiger charge is 2.34. The average Bonchev–Trinajstić information content (AvgIpc) is 2.63. The molecule has 0 aromatic heterocycles. The Labute approximate surface area is 151 Å². The Balaban J connectivity index is 2.03. The fourth-order valence-electron chi connectivity index (χ4n) is 3.63. The van der Waals surface area contributed by atoms with Crippen LogP contribution in [0.15, 0.2) is 46.9 Å². The molecule has 4 heteroatoms. The van der Waals surface area contributed by atoms with E-state index >= 15 is 0 Å². The Morgan fingerprint density at radius 3 is 2.58 bits per heavy atom. The van der Waals surface area contributed by atoms with Crippen molar-refractivity contribution < 1.29 is 14.3 Å². The molecule has 3 nitrogen and oxygen atoms in total. The maximum atomic E-state index is 12.6. The summed E-state index contributed by atoms with van der Waals surface area (Å²) < 4.78 is 11.5. The molecular formula is C20H21BrO3. The number of aryl methyl sites for hydroxylation is 1. The van der Waals surface area contributed by atoms with Gasteiger partial charge in [0, 0.05) is 10.4 Å². The van der Waals surface area contributed by atoms with Gasteiger partial charge in [0.1, 0.15) is 5.75 Å². The van der Waals surface area contributed by atoms with E-state index in [2.05, 4.69) is 28.1 Å². The summed E-state index contributed by atoms with van der Waals surface area (Å²) in [6, 6.07) is 14.1. The average molecular weight is 389 g/mol. The number of fused-ring (bicyclic) bond motifs is 1. The summed E-state index contributed by atoms with van der Waals surface area (Å²) in [6.07, 6.45) is 3.07. The van der Waals surface area contributed by atoms with E-state index in [0.717, 1.165) is 35.0 Å². The number of halogens is 1. The third-order valence-electron chi connectivity index (χ3n) is 4.80. The van der Waals surface area contributed by atoms with Gasteiger partial charge in [0.15, 0.2) is 0 Å². The van der Waals surface area contributed by atoms with E-state index in [1.54, 1.807) is 7.11 Å². The molecule has 0 saturated heterocycles. The van der Waals surface area contributed by atoms with Crippen molar-refractivity contribution in [2.24, 2.45) is 0 Å². The van der Waals surface area contributed by atoms with E-state index in [1.165, 1.54) is 18.2 Å². The van der Waals surface area contributed by atoms with E-state index in [0.29, 0.717) is 0 Å². The van der Waals surface area contributed by atoms with Gasteiger partial charge in [-0.2, -0.15) is 0 Å². The van der Waals surface area contributed by atoms with Crippen LogP contribution in [-0.4, -0.2) is 20.2 Å². The van der Waals surface area contributed by atoms with E-state index in [1.807, 2.05) is 30.3 Å². The van der Waals surface area contributed by atoms with Gasteiger partial charge in [-0.3, -0.25) is 4.79 Å². The number of carbonyl (C=O) groups excluding carboxylic acids is 1. The molecule has 0 bridgehead atoms. The molecule has 24 heavy (non-hydrogen) atoms. The number of benzene rings is 2. The second-order valence-electron chi connectivity index (χ2n) is 6.12. The monoisotopic (exact) mass is 388 g/mol. The third kappa shape index (κ3) is 3.34. The van der Waals surface area contributed by atoms with Crippen LogP contribution in [0.5, 0.6) is 5.75 Å². The van der Waals surface area contributed by atoms with Crippen LogP contribution in [0.2, 0.25) is 0 Å². The Hall–Kier alpha value is -1.81. The van der Waals surface area contributed by atoms with Crippen molar-refractivity contribution in [3.05, 3.63) is 63.6 Å². The summed E-state index contributed by atoms with van der Waals surface area (Å²) >= 11 is 3.46. The van der Waals surface area contributed by atoms with E-state index < -0.39 is 0 Å². The number of rotatable bonds is 4. The highest BCUT2D eigenvalue weighted by atomic mass is 79.9. The number of ether oxygens (including phenoxy) is 2. The largest absolute Gasteiger partial charge is 0.497 e. The quantitative estimate of drug-likeness (QED) is 0.703. The van der Waals surface area contributed by atoms with Gasteiger partial charge in [0.05, 0.1) is 20.1 Å². The summed E-state index contributed by atoms with van der Waals surface area (Å²) in [5.74, 6) is 0.544. The number of carbonyl (C=O) groups is 1.